The average molecular weight is 241 g/mol. The number of hydrogen-bond acceptors (Lipinski definition) is 2. The molecule has 0 aromatic heterocycles. The van der Waals surface area contributed by atoms with Crippen LogP contribution in [-0.4, -0.2) is 23.8 Å². The molecule has 1 saturated heterocycles. The van der Waals surface area contributed by atoms with Gasteiger partial charge in [-0.15, -0.1) is 0 Å². The molecule has 1 aromatic rings. The largest absolute Gasteiger partial charge is 0.388 e. The zero-order valence-electron chi connectivity index (χ0n) is 9.63. The smallest absolute Gasteiger partial charge is 0.276 e. The first-order valence-electron chi connectivity index (χ1n) is 5.88. The van der Waals surface area contributed by atoms with Gasteiger partial charge in [-0.2, -0.15) is 0 Å². The number of aliphatic hydroxyl groups is 1. The van der Waals surface area contributed by atoms with Gasteiger partial charge in [-0.1, -0.05) is 30.3 Å². The first kappa shape index (κ1) is 12.5. The van der Waals surface area contributed by atoms with Crippen molar-refractivity contribution in [3.8, 4) is 0 Å². The number of rotatable bonds is 3. The lowest BCUT2D eigenvalue weighted by atomic mass is 9.86. The fraction of sp³-hybridized carbons (Fsp3) is 0.538. The second-order valence-corrected chi connectivity index (χ2v) is 4.75. The Bertz CT molecular complexity index is 361. The molecule has 0 spiro atoms. The molecule has 1 fully saturated rings. The van der Waals surface area contributed by atoms with Gasteiger partial charge in [0.1, 0.15) is 0 Å². The Morgan fingerprint density at radius 2 is 2.00 bits per heavy atom. The van der Waals surface area contributed by atoms with E-state index in [4.69, 9.17) is 0 Å². The lowest BCUT2D eigenvalue weighted by Gasteiger charge is -2.35. The van der Waals surface area contributed by atoms with Gasteiger partial charge in [-0.3, -0.25) is 0 Å². The molecule has 0 amide bonds. The number of β-amino-alcohol motifs (C(OH)–C–C–N with tert-alkyl or cyclic N) is 1. The SMILES string of the molecule is OC1(CC(F)(F)c2ccccc2)CCCNC1. The van der Waals surface area contributed by atoms with Crippen LogP contribution in [0.25, 0.3) is 0 Å². The van der Waals surface area contributed by atoms with E-state index < -0.39 is 17.9 Å². The van der Waals surface area contributed by atoms with Gasteiger partial charge in [0.2, 0.25) is 0 Å². The van der Waals surface area contributed by atoms with Gasteiger partial charge in [-0.25, -0.2) is 8.78 Å². The predicted octanol–water partition coefficient (Wildman–Crippen LogP) is 2.28. The zero-order valence-corrected chi connectivity index (χ0v) is 9.63. The van der Waals surface area contributed by atoms with E-state index >= 15 is 0 Å². The van der Waals surface area contributed by atoms with Crippen LogP contribution in [-0.2, 0) is 5.92 Å². The molecular weight excluding hydrogens is 224 g/mol. The van der Waals surface area contributed by atoms with Gasteiger partial charge >= 0.3 is 0 Å². The Kier molecular flexibility index (Phi) is 3.45. The summed E-state index contributed by atoms with van der Waals surface area (Å²) >= 11 is 0. The third kappa shape index (κ3) is 3.01. The van der Waals surface area contributed by atoms with Crippen molar-refractivity contribution in [2.75, 3.05) is 13.1 Å². The maximum atomic E-state index is 14.0. The molecule has 0 radical (unpaired) electrons. The van der Waals surface area contributed by atoms with Crippen molar-refractivity contribution in [1.29, 1.82) is 0 Å². The van der Waals surface area contributed by atoms with Crippen molar-refractivity contribution < 1.29 is 13.9 Å². The van der Waals surface area contributed by atoms with Crippen LogP contribution >= 0.6 is 0 Å². The third-order valence-electron chi connectivity index (χ3n) is 3.20. The van der Waals surface area contributed by atoms with Crippen LogP contribution in [0.3, 0.4) is 0 Å². The summed E-state index contributed by atoms with van der Waals surface area (Å²) in [5, 5.41) is 13.1. The first-order valence-corrected chi connectivity index (χ1v) is 5.88. The quantitative estimate of drug-likeness (QED) is 0.851. The molecule has 2 nitrogen and oxygen atoms in total. The van der Waals surface area contributed by atoms with Crippen LogP contribution in [0.1, 0.15) is 24.8 Å². The molecule has 0 bridgehead atoms. The minimum absolute atomic E-state index is 0.0287. The highest BCUT2D eigenvalue weighted by Crippen LogP contribution is 2.38. The number of hydrogen-bond donors (Lipinski definition) is 2. The molecule has 1 atom stereocenters. The fourth-order valence-electron chi connectivity index (χ4n) is 2.30. The van der Waals surface area contributed by atoms with Crippen molar-refractivity contribution in [2.24, 2.45) is 0 Å². The Balaban J connectivity index is 2.11. The normalized spacial score (nSPS) is 25.8. The van der Waals surface area contributed by atoms with Crippen LogP contribution in [0.4, 0.5) is 8.78 Å². The summed E-state index contributed by atoms with van der Waals surface area (Å²) in [5.41, 5.74) is -1.32. The monoisotopic (exact) mass is 241 g/mol. The second-order valence-electron chi connectivity index (χ2n) is 4.75. The van der Waals surface area contributed by atoms with Crippen molar-refractivity contribution in [3.63, 3.8) is 0 Å². The molecule has 17 heavy (non-hydrogen) atoms. The maximum absolute atomic E-state index is 14.0. The van der Waals surface area contributed by atoms with E-state index in [0.29, 0.717) is 6.42 Å². The molecule has 2 N–H and O–H groups in total. The summed E-state index contributed by atoms with van der Waals surface area (Å²) in [5.74, 6) is -2.98. The topological polar surface area (TPSA) is 32.3 Å². The molecule has 0 aliphatic carbocycles. The minimum atomic E-state index is -2.98. The third-order valence-corrected chi connectivity index (χ3v) is 3.20. The van der Waals surface area contributed by atoms with E-state index in [1.807, 2.05) is 0 Å². The van der Waals surface area contributed by atoms with Crippen molar-refractivity contribution in [1.82, 2.24) is 5.32 Å². The van der Waals surface area contributed by atoms with Gasteiger partial charge in [0.15, 0.2) is 0 Å². The molecule has 1 aliphatic heterocycles. The van der Waals surface area contributed by atoms with Crippen LogP contribution in [0, 0.1) is 0 Å². The lowest BCUT2D eigenvalue weighted by molar-refractivity contribution is -0.102. The lowest BCUT2D eigenvalue weighted by Crippen LogP contribution is -2.48. The van der Waals surface area contributed by atoms with Crippen LogP contribution in [0.5, 0.6) is 0 Å². The van der Waals surface area contributed by atoms with Gasteiger partial charge in [0.05, 0.1) is 5.60 Å². The number of piperidine rings is 1. The van der Waals surface area contributed by atoms with Gasteiger partial charge in [0, 0.05) is 18.5 Å². The number of benzene rings is 1. The Labute approximate surface area is 99.7 Å². The summed E-state index contributed by atoms with van der Waals surface area (Å²) in [6.07, 6.45) is 0.654. The van der Waals surface area contributed by atoms with Crippen molar-refractivity contribution >= 4 is 0 Å². The van der Waals surface area contributed by atoms with Gasteiger partial charge < -0.3 is 10.4 Å². The van der Waals surface area contributed by atoms with E-state index in [9.17, 15) is 13.9 Å². The van der Waals surface area contributed by atoms with Crippen molar-refractivity contribution in [2.45, 2.75) is 30.8 Å². The Hall–Kier alpha value is -1.00. The molecule has 1 aromatic carbocycles. The second kappa shape index (κ2) is 4.70. The standard InChI is InChI=1S/C13H17F2NO/c14-13(15,11-5-2-1-3-6-11)9-12(17)7-4-8-16-10-12/h1-3,5-6,16-17H,4,7-10H2. The molecule has 0 saturated carbocycles. The molecule has 4 heteroatoms. The number of nitrogens with one attached hydrogen (secondary N) is 1. The van der Waals surface area contributed by atoms with Crippen LogP contribution in [0.15, 0.2) is 30.3 Å². The van der Waals surface area contributed by atoms with Crippen LogP contribution in [0.2, 0.25) is 0 Å². The summed E-state index contributed by atoms with van der Waals surface area (Å²) in [7, 11) is 0. The maximum Gasteiger partial charge on any atom is 0.276 e. The zero-order chi connectivity index (χ0) is 12.4. The van der Waals surface area contributed by atoms with E-state index in [1.54, 1.807) is 18.2 Å². The van der Waals surface area contributed by atoms with Crippen molar-refractivity contribution in [3.05, 3.63) is 35.9 Å². The summed E-state index contributed by atoms with van der Waals surface area (Å²) in [6.45, 7) is 1.04. The highest BCUT2D eigenvalue weighted by molar-refractivity contribution is 5.20. The summed E-state index contributed by atoms with van der Waals surface area (Å²) in [4.78, 5) is 0. The molecule has 1 heterocycles. The van der Waals surface area contributed by atoms with E-state index in [-0.39, 0.29) is 12.1 Å². The highest BCUT2D eigenvalue weighted by Gasteiger charge is 2.42. The number of halogens is 2. The molecule has 1 aliphatic rings. The summed E-state index contributed by atoms with van der Waals surface area (Å²) in [6, 6.07) is 7.69. The average Bonchev–Trinajstić information content (AvgIpc) is 2.30. The number of alkyl halides is 2. The Morgan fingerprint density at radius 3 is 2.59 bits per heavy atom. The molecule has 1 unspecified atom stereocenters. The molecule has 2 rings (SSSR count). The summed E-state index contributed by atoms with van der Waals surface area (Å²) < 4.78 is 28.0. The van der Waals surface area contributed by atoms with E-state index in [1.165, 1.54) is 12.1 Å². The minimum Gasteiger partial charge on any atom is -0.388 e. The van der Waals surface area contributed by atoms with E-state index in [2.05, 4.69) is 5.32 Å². The Morgan fingerprint density at radius 1 is 1.29 bits per heavy atom. The van der Waals surface area contributed by atoms with E-state index in [0.717, 1.165) is 13.0 Å². The van der Waals surface area contributed by atoms with Gasteiger partial charge in [0.25, 0.3) is 5.92 Å². The molecular formula is C13H17F2NO. The van der Waals surface area contributed by atoms with Crippen LogP contribution < -0.4 is 5.32 Å². The molecule has 94 valence electrons. The highest BCUT2D eigenvalue weighted by atomic mass is 19.3. The first-order chi connectivity index (χ1) is 8.02. The fourth-order valence-corrected chi connectivity index (χ4v) is 2.30. The predicted molar refractivity (Wildman–Crippen MR) is 62.0 cm³/mol. The van der Waals surface area contributed by atoms with Gasteiger partial charge in [-0.05, 0) is 19.4 Å².